The van der Waals surface area contributed by atoms with E-state index in [-0.39, 0.29) is 11.8 Å². The molecule has 1 saturated heterocycles. The average Bonchev–Trinajstić information content (AvgIpc) is 2.49. The van der Waals surface area contributed by atoms with E-state index in [0.717, 1.165) is 25.9 Å². The lowest BCUT2D eigenvalue weighted by atomic mass is 10.1. The molecule has 0 radical (unpaired) electrons. The first-order valence-electron chi connectivity index (χ1n) is 4.41. The van der Waals surface area contributed by atoms with Crippen molar-refractivity contribution in [1.29, 1.82) is 0 Å². The van der Waals surface area contributed by atoms with Gasteiger partial charge in [-0.1, -0.05) is 11.6 Å². The van der Waals surface area contributed by atoms with Crippen LogP contribution in [0.15, 0.2) is 6.20 Å². The summed E-state index contributed by atoms with van der Waals surface area (Å²) < 4.78 is 1.68. The fourth-order valence-electron chi connectivity index (χ4n) is 1.63. The van der Waals surface area contributed by atoms with Crippen LogP contribution in [0, 0.1) is 0 Å². The third-order valence-corrected chi connectivity index (χ3v) is 2.70. The first-order chi connectivity index (χ1) is 6.29. The molecule has 0 aliphatic carbocycles. The predicted octanol–water partition coefficient (Wildman–Crippen LogP) is 1.17. The van der Waals surface area contributed by atoms with Gasteiger partial charge in [0, 0.05) is 6.54 Å². The van der Waals surface area contributed by atoms with E-state index in [1.165, 1.54) is 6.20 Å². The topological polar surface area (TPSA) is 50.1 Å². The van der Waals surface area contributed by atoms with E-state index in [0.29, 0.717) is 5.15 Å². The van der Waals surface area contributed by atoms with Crippen LogP contribution in [0.3, 0.4) is 0 Å². The van der Waals surface area contributed by atoms with Crippen LogP contribution in [-0.2, 0) is 0 Å². The second kappa shape index (κ2) is 3.55. The molecule has 2 rings (SSSR count). The van der Waals surface area contributed by atoms with E-state index in [4.69, 9.17) is 11.6 Å². The van der Waals surface area contributed by atoms with E-state index in [1.54, 1.807) is 4.68 Å². The molecule has 0 spiro atoms. The molecule has 5 heteroatoms. The Morgan fingerprint density at radius 3 is 3.08 bits per heavy atom. The van der Waals surface area contributed by atoms with Gasteiger partial charge in [0.25, 0.3) is 0 Å². The minimum absolute atomic E-state index is 0.0623. The van der Waals surface area contributed by atoms with Gasteiger partial charge in [-0.25, -0.2) is 4.68 Å². The van der Waals surface area contributed by atoms with Crippen molar-refractivity contribution in [3.63, 3.8) is 0 Å². The summed E-state index contributed by atoms with van der Waals surface area (Å²) in [5, 5.41) is 16.9. The van der Waals surface area contributed by atoms with Gasteiger partial charge < -0.3 is 10.4 Å². The van der Waals surface area contributed by atoms with E-state index in [1.807, 2.05) is 0 Å². The molecule has 0 saturated carbocycles. The number of aromatic hydroxyl groups is 1. The summed E-state index contributed by atoms with van der Waals surface area (Å²) in [5.41, 5.74) is 0. The quantitative estimate of drug-likeness (QED) is 0.717. The van der Waals surface area contributed by atoms with Crippen LogP contribution in [0.4, 0.5) is 0 Å². The number of nitrogens with one attached hydrogen (secondary N) is 1. The molecular weight excluding hydrogens is 190 g/mol. The van der Waals surface area contributed by atoms with Crippen molar-refractivity contribution < 1.29 is 5.11 Å². The average molecular weight is 202 g/mol. The fourth-order valence-corrected chi connectivity index (χ4v) is 1.87. The lowest BCUT2D eigenvalue weighted by Crippen LogP contribution is -2.32. The lowest BCUT2D eigenvalue weighted by Gasteiger charge is -2.23. The summed E-state index contributed by atoms with van der Waals surface area (Å²) in [4.78, 5) is 0. The summed E-state index contributed by atoms with van der Waals surface area (Å²) in [6, 6.07) is 0.280. The standard InChI is InChI=1S/C8H12ClN3O/c9-8-7(13)5-11-12(8)6-2-1-3-10-4-6/h5-6,10,13H,1-4H2. The van der Waals surface area contributed by atoms with Gasteiger partial charge in [0.1, 0.15) is 0 Å². The summed E-state index contributed by atoms with van der Waals surface area (Å²) >= 11 is 5.86. The van der Waals surface area contributed by atoms with Gasteiger partial charge in [0.05, 0.1) is 12.2 Å². The Bertz CT molecular complexity index is 294. The zero-order valence-corrected chi connectivity index (χ0v) is 7.96. The van der Waals surface area contributed by atoms with Crippen LogP contribution < -0.4 is 5.32 Å². The number of rotatable bonds is 1. The summed E-state index contributed by atoms with van der Waals surface area (Å²) in [7, 11) is 0. The minimum atomic E-state index is 0.0623. The van der Waals surface area contributed by atoms with Crippen LogP contribution in [0.5, 0.6) is 5.75 Å². The molecule has 1 unspecified atom stereocenters. The van der Waals surface area contributed by atoms with Crippen LogP contribution in [-0.4, -0.2) is 28.0 Å². The molecule has 13 heavy (non-hydrogen) atoms. The highest BCUT2D eigenvalue weighted by molar-refractivity contribution is 6.30. The Hall–Kier alpha value is -0.740. The lowest BCUT2D eigenvalue weighted by molar-refractivity contribution is 0.346. The SMILES string of the molecule is Oc1cnn(C2CCCNC2)c1Cl. The van der Waals surface area contributed by atoms with Crippen LogP contribution >= 0.6 is 11.6 Å². The molecule has 1 aromatic heterocycles. The van der Waals surface area contributed by atoms with Crippen LogP contribution in [0.25, 0.3) is 0 Å². The number of halogens is 1. The Labute approximate surface area is 81.5 Å². The maximum atomic E-state index is 9.24. The van der Waals surface area contributed by atoms with Crippen molar-refractivity contribution in [3.8, 4) is 5.75 Å². The van der Waals surface area contributed by atoms with Crippen LogP contribution in [0.2, 0.25) is 5.15 Å². The monoisotopic (exact) mass is 201 g/mol. The second-order valence-corrected chi connectivity index (χ2v) is 3.62. The third-order valence-electron chi connectivity index (χ3n) is 2.33. The maximum Gasteiger partial charge on any atom is 0.173 e. The van der Waals surface area contributed by atoms with E-state index >= 15 is 0 Å². The number of hydrogen-bond donors (Lipinski definition) is 2. The number of piperidine rings is 1. The summed E-state index contributed by atoms with van der Waals surface area (Å²) in [6.45, 7) is 1.93. The highest BCUT2D eigenvalue weighted by atomic mass is 35.5. The van der Waals surface area contributed by atoms with Gasteiger partial charge in [0.15, 0.2) is 10.9 Å². The van der Waals surface area contributed by atoms with E-state index in [9.17, 15) is 5.11 Å². The van der Waals surface area contributed by atoms with E-state index in [2.05, 4.69) is 10.4 Å². The Morgan fingerprint density at radius 2 is 2.54 bits per heavy atom. The Morgan fingerprint density at radius 1 is 1.69 bits per heavy atom. The highest BCUT2D eigenvalue weighted by Gasteiger charge is 2.19. The summed E-state index contributed by atoms with van der Waals surface area (Å²) in [5.74, 6) is 0.0623. The van der Waals surface area contributed by atoms with Gasteiger partial charge >= 0.3 is 0 Å². The van der Waals surface area contributed by atoms with Crippen molar-refractivity contribution in [2.75, 3.05) is 13.1 Å². The summed E-state index contributed by atoms with van der Waals surface area (Å²) in [6.07, 6.45) is 3.58. The second-order valence-electron chi connectivity index (χ2n) is 3.27. The molecule has 4 nitrogen and oxygen atoms in total. The zero-order chi connectivity index (χ0) is 9.26. The molecule has 72 valence electrons. The van der Waals surface area contributed by atoms with Crippen molar-refractivity contribution in [3.05, 3.63) is 11.3 Å². The third kappa shape index (κ3) is 1.64. The molecule has 0 aromatic carbocycles. The molecule has 1 atom stereocenters. The van der Waals surface area contributed by atoms with Gasteiger partial charge in [-0.05, 0) is 19.4 Å². The number of aromatic nitrogens is 2. The molecule has 1 aromatic rings. The van der Waals surface area contributed by atoms with Gasteiger partial charge in [0.2, 0.25) is 0 Å². The molecule has 0 bridgehead atoms. The molecular formula is C8H12ClN3O. The number of nitrogens with zero attached hydrogens (tertiary/aromatic N) is 2. The first-order valence-corrected chi connectivity index (χ1v) is 4.79. The molecule has 2 heterocycles. The Kier molecular flexibility index (Phi) is 2.42. The van der Waals surface area contributed by atoms with Crippen LogP contribution in [0.1, 0.15) is 18.9 Å². The predicted molar refractivity (Wildman–Crippen MR) is 50.0 cm³/mol. The van der Waals surface area contributed by atoms with Gasteiger partial charge in [-0.2, -0.15) is 5.10 Å². The van der Waals surface area contributed by atoms with Gasteiger partial charge in [-0.15, -0.1) is 0 Å². The normalized spacial score (nSPS) is 23.3. The smallest absolute Gasteiger partial charge is 0.173 e. The minimum Gasteiger partial charge on any atom is -0.504 e. The molecule has 2 N–H and O–H groups in total. The molecule has 1 aliphatic heterocycles. The van der Waals surface area contributed by atoms with Gasteiger partial charge in [-0.3, -0.25) is 0 Å². The largest absolute Gasteiger partial charge is 0.504 e. The van der Waals surface area contributed by atoms with Crippen molar-refractivity contribution in [1.82, 2.24) is 15.1 Å². The maximum absolute atomic E-state index is 9.24. The molecule has 0 amide bonds. The van der Waals surface area contributed by atoms with E-state index < -0.39 is 0 Å². The Balaban J connectivity index is 2.18. The first kappa shape index (κ1) is 8.84. The fraction of sp³-hybridized carbons (Fsp3) is 0.625. The highest BCUT2D eigenvalue weighted by Crippen LogP contribution is 2.27. The van der Waals surface area contributed by atoms with Crippen molar-refractivity contribution in [2.45, 2.75) is 18.9 Å². The number of hydrogen-bond acceptors (Lipinski definition) is 3. The molecule has 1 aliphatic rings. The van der Waals surface area contributed by atoms with Crippen molar-refractivity contribution in [2.24, 2.45) is 0 Å². The van der Waals surface area contributed by atoms with Crippen molar-refractivity contribution >= 4 is 11.6 Å². The molecule has 1 fully saturated rings. The zero-order valence-electron chi connectivity index (χ0n) is 7.20.